The van der Waals surface area contributed by atoms with E-state index in [2.05, 4.69) is 21.6 Å². The number of amidine groups is 2. The number of nitrogens with two attached hydrogens (primary N) is 1. The quantitative estimate of drug-likeness (QED) is 0.321. The van der Waals surface area contributed by atoms with Gasteiger partial charge in [0.1, 0.15) is 11.7 Å². The van der Waals surface area contributed by atoms with E-state index < -0.39 is 0 Å². The van der Waals surface area contributed by atoms with Gasteiger partial charge in [-0.05, 0) is 19.4 Å². The molecule has 4 nitrogen and oxygen atoms in total. The van der Waals surface area contributed by atoms with Gasteiger partial charge >= 0.3 is 0 Å². The predicted molar refractivity (Wildman–Crippen MR) is 46.5 cm³/mol. The Morgan fingerprint density at radius 1 is 1.82 bits per heavy atom. The molecular weight excluding hydrogens is 140 g/mol. The third-order valence-electron chi connectivity index (χ3n) is 1.20. The molecule has 0 aromatic rings. The van der Waals surface area contributed by atoms with Gasteiger partial charge in [-0.2, -0.15) is 5.10 Å². The standard InChI is InChI=1S/C7H12N4/c1-6(8)10-11-7-4-2-3-5-9-7/h2,4H,3,5H2,1H3,(H2,8,10)(H,9,11). The van der Waals surface area contributed by atoms with E-state index in [0.717, 1.165) is 18.8 Å². The van der Waals surface area contributed by atoms with Gasteiger partial charge in [0.2, 0.25) is 0 Å². The summed E-state index contributed by atoms with van der Waals surface area (Å²) in [5, 5.41) is 3.81. The first-order valence-corrected chi connectivity index (χ1v) is 3.56. The molecule has 0 saturated heterocycles. The van der Waals surface area contributed by atoms with E-state index in [0.29, 0.717) is 5.84 Å². The molecule has 1 heterocycles. The molecule has 0 amide bonds. The van der Waals surface area contributed by atoms with Crippen molar-refractivity contribution in [3.63, 3.8) is 0 Å². The Kier molecular flexibility index (Phi) is 2.66. The monoisotopic (exact) mass is 152 g/mol. The average molecular weight is 152 g/mol. The molecule has 0 spiro atoms. The third-order valence-corrected chi connectivity index (χ3v) is 1.20. The Balaban J connectivity index is 2.43. The van der Waals surface area contributed by atoms with Gasteiger partial charge in [0.15, 0.2) is 0 Å². The van der Waals surface area contributed by atoms with Crippen molar-refractivity contribution in [3.05, 3.63) is 12.2 Å². The molecular formula is C7H12N4. The van der Waals surface area contributed by atoms with Crippen molar-refractivity contribution in [1.29, 1.82) is 0 Å². The smallest absolute Gasteiger partial charge is 0.141 e. The second kappa shape index (κ2) is 3.75. The molecule has 0 saturated carbocycles. The van der Waals surface area contributed by atoms with Gasteiger partial charge in [-0.3, -0.25) is 10.4 Å². The second-order valence-corrected chi connectivity index (χ2v) is 2.32. The second-order valence-electron chi connectivity index (χ2n) is 2.32. The van der Waals surface area contributed by atoms with Crippen LogP contribution in [-0.4, -0.2) is 18.2 Å². The number of rotatable bonds is 1. The molecule has 0 aliphatic carbocycles. The van der Waals surface area contributed by atoms with Crippen LogP contribution in [0.4, 0.5) is 0 Å². The Hall–Kier alpha value is -1.32. The lowest BCUT2D eigenvalue weighted by atomic mass is 10.3. The molecule has 0 aromatic carbocycles. The molecule has 60 valence electrons. The fraction of sp³-hybridized carbons (Fsp3) is 0.429. The van der Waals surface area contributed by atoms with Gasteiger partial charge in [0.25, 0.3) is 0 Å². The highest BCUT2D eigenvalue weighted by molar-refractivity contribution is 5.94. The molecule has 4 heteroatoms. The van der Waals surface area contributed by atoms with Crippen LogP contribution in [0, 0.1) is 0 Å². The van der Waals surface area contributed by atoms with Crippen LogP contribution >= 0.6 is 0 Å². The highest BCUT2D eigenvalue weighted by Crippen LogP contribution is 1.93. The Bertz CT molecular complexity index is 210. The van der Waals surface area contributed by atoms with E-state index in [4.69, 9.17) is 5.73 Å². The molecule has 1 rings (SSSR count). The minimum absolute atomic E-state index is 0.506. The maximum absolute atomic E-state index is 5.32. The summed E-state index contributed by atoms with van der Waals surface area (Å²) in [5.74, 6) is 1.28. The molecule has 0 aromatic heterocycles. The Labute approximate surface area is 65.9 Å². The summed E-state index contributed by atoms with van der Waals surface area (Å²) in [7, 11) is 0. The number of aliphatic imine (C=N–C) groups is 1. The van der Waals surface area contributed by atoms with Crippen LogP contribution in [0.25, 0.3) is 0 Å². The SMILES string of the molecule is CC(N)=NNC1=NCCC=C1. The lowest BCUT2D eigenvalue weighted by Crippen LogP contribution is -2.21. The van der Waals surface area contributed by atoms with Gasteiger partial charge in [-0.25, -0.2) is 0 Å². The number of nitrogens with zero attached hydrogens (tertiary/aromatic N) is 2. The predicted octanol–water partition coefficient (Wildman–Crippen LogP) is 0.226. The summed E-state index contributed by atoms with van der Waals surface area (Å²) in [6.07, 6.45) is 4.96. The van der Waals surface area contributed by atoms with Crippen molar-refractivity contribution >= 4 is 11.7 Å². The summed E-state index contributed by atoms with van der Waals surface area (Å²) in [6.45, 7) is 2.55. The van der Waals surface area contributed by atoms with Crippen molar-refractivity contribution in [2.45, 2.75) is 13.3 Å². The van der Waals surface area contributed by atoms with E-state index in [1.54, 1.807) is 6.92 Å². The molecule has 1 aliphatic heterocycles. The molecule has 0 bridgehead atoms. The van der Waals surface area contributed by atoms with Crippen LogP contribution in [0.1, 0.15) is 13.3 Å². The number of nitrogens with one attached hydrogen (secondary N) is 1. The van der Waals surface area contributed by atoms with E-state index in [1.807, 2.05) is 6.08 Å². The average Bonchev–Trinajstić information content (AvgIpc) is 2.03. The number of hydrogen-bond acceptors (Lipinski definition) is 3. The number of hydrogen-bond donors (Lipinski definition) is 2. The third kappa shape index (κ3) is 2.84. The molecule has 0 unspecified atom stereocenters. The van der Waals surface area contributed by atoms with Crippen LogP contribution in [0.15, 0.2) is 22.2 Å². The van der Waals surface area contributed by atoms with E-state index in [1.165, 1.54) is 0 Å². The Morgan fingerprint density at radius 3 is 3.18 bits per heavy atom. The summed E-state index contributed by atoms with van der Waals surface area (Å²) in [5.41, 5.74) is 8.07. The van der Waals surface area contributed by atoms with Gasteiger partial charge in [-0.15, -0.1) is 0 Å². The number of hydrazone groups is 1. The van der Waals surface area contributed by atoms with Crippen LogP contribution in [0.5, 0.6) is 0 Å². The van der Waals surface area contributed by atoms with Gasteiger partial charge in [-0.1, -0.05) is 6.08 Å². The maximum atomic E-state index is 5.32. The highest BCUT2D eigenvalue weighted by atomic mass is 15.3. The summed E-state index contributed by atoms with van der Waals surface area (Å²) < 4.78 is 0. The summed E-state index contributed by atoms with van der Waals surface area (Å²) in [6, 6.07) is 0. The lowest BCUT2D eigenvalue weighted by Gasteiger charge is -2.04. The molecule has 11 heavy (non-hydrogen) atoms. The van der Waals surface area contributed by atoms with Crippen LogP contribution in [0.2, 0.25) is 0 Å². The molecule has 3 N–H and O–H groups in total. The van der Waals surface area contributed by atoms with Crippen molar-refractivity contribution in [1.82, 2.24) is 5.43 Å². The minimum atomic E-state index is 0.506. The summed E-state index contributed by atoms with van der Waals surface area (Å²) in [4.78, 5) is 4.16. The Morgan fingerprint density at radius 2 is 2.64 bits per heavy atom. The van der Waals surface area contributed by atoms with Crippen molar-refractivity contribution in [2.75, 3.05) is 6.54 Å². The van der Waals surface area contributed by atoms with Gasteiger partial charge < -0.3 is 5.73 Å². The van der Waals surface area contributed by atoms with E-state index in [-0.39, 0.29) is 0 Å². The topological polar surface area (TPSA) is 62.8 Å². The van der Waals surface area contributed by atoms with Crippen molar-refractivity contribution in [2.24, 2.45) is 15.8 Å². The van der Waals surface area contributed by atoms with E-state index in [9.17, 15) is 0 Å². The van der Waals surface area contributed by atoms with Gasteiger partial charge in [0.05, 0.1) is 0 Å². The lowest BCUT2D eigenvalue weighted by molar-refractivity contribution is 0.936. The first kappa shape index (κ1) is 7.78. The zero-order valence-electron chi connectivity index (χ0n) is 6.54. The van der Waals surface area contributed by atoms with Gasteiger partial charge in [0, 0.05) is 6.54 Å². The highest BCUT2D eigenvalue weighted by Gasteiger charge is 1.94. The summed E-state index contributed by atoms with van der Waals surface area (Å²) >= 11 is 0. The first-order valence-electron chi connectivity index (χ1n) is 3.56. The van der Waals surface area contributed by atoms with Crippen LogP contribution < -0.4 is 11.2 Å². The zero-order chi connectivity index (χ0) is 8.10. The van der Waals surface area contributed by atoms with Crippen molar-refractivity contribution < 1.29 is 0 Å². The largest absolute Gasteiger partial charge is 0.386 e. The molecule has 1 aliphatic rings. The van der Waals surface area contributed by atoms with Crippen LogP contribution in [-0.2, 0) is 0 Å². The molecule has 0 atom stereocenters. The van der Waals surface area contributed by atoms with Crippen molar-refractivity contribution in [3.8, 4) is 0 Å². The first-order chi connectivity index (χ1) is 5.29. The molecule has 0 fully saturated rings. The van der Waals surface area contributed by atoms with Crippen LogP contribution in [0.3, 0.4) is 0 Å². The maximum Gasteiger partial charge on any atom is 0.141 e. The minimum Gasteiger partial charge on any atom is -0.386 e. The zero-order valence-corrected chi connectivity index (χ0v) is 6.54. The fourth-order valence-corrected chi connectivity index (χ4v) is 0.725. The normalized spacial score (nSPS) is 17.9. The fourth-order valence-electron chi connectivity index (χ4n) is 0.725. The molecule has 0 radical (unpaired) electrons. The van der Waals surface area contributed by atoms with E-state index >= 15 is 0 Å². The number of dihydropyridines is 1.